The summed E-state index contributed by atoms with van der Waals surface area (Å²) in [6.07, 6.45) is 11.4. The molecule has 1 radical (unpaired) electrons. The molecule has 0 atom stereocenters. The molecule has 0 unspecified atom stereocenters. The molecular formula is C9H13. The maximum Gasteiger partial charge on any atom is -0.0136 e. The smallest absolute Gasteiger partial charge is 0.0136 e. The molecule has 0 nitrogen and oxygen atoms in total. The largest absolute Gasteiger partial charge is 0.0885 e. The molecule has 0 amide bonds. The first-order chi connectivity index (χ1) is 4.43. The molecule has 0 aromatic carbocycles. The van der Waals surface area contributed by atoms with Crippen molar-refractivity contribution >= 4 is 0 Å². The zero-order chi connectivity index (χ0) is 6.53. The summed E-state index contributed by atoms with van der Waals surface area (Å²) in [4.78, 5) is 0. The van der Waals surface area contributed by atoms with Gasteiger partial charge in [-0.15, -0.1) is 0 Å². The Morgan fingerprint density at radius 3 is 3.00 bits per heavy atom. The minimum Gasteiger partial charge on any atom is -0.0885 e. The molecule has 0 saturated carbocycles. The number of unbranched alkanes of at least 4 members (excludes halogenated alkanes) is 1. The lowest BCUT2D eigenvalue weighted by molar-refractivity contribution is 0.847. The summed E-state index contributed by atoms with van der Waals surface area (Å²) < 4.78 is 0. The van der Waals surface area contributed by atoms with Crippen LogP contribution in [0.3, 0.4) is 0 Å². The van der Waals surface area contributed by atoms with E-state index in [0.717, 1.165) is 0 Å². The van der Waals surface area contributed by atoms with Crippen LogP contribution in [0.5, 0.6) is 0 Å². The van der Waals surface area contributed by atoms with E-state index in [1.54, 1.807) is 5.57 Å². The van der Waals surface area contributed by atoms with Gasteiger partial charge in [0.1, 0.15) is 0 Å². The molecule has 0 heterocycles. The first-order valence-corrected chi connectivity index (χ1v) is 3.55. The van der Waals surface area contributed by atoms with E-state index in [0.29, 0.717) is 0 Å². The molecule has 1 rings (SSSR count). The topological polar surface area (TPSA) is 0 Å². The summed E-state index contributed by atoms with van der Waals surface area (Å²) in [6.45, 7) is 3.62. The van der Waals surface area contributed by atoms with Crippen LogP contribution in [-0.2, 0) is 0 Å². The lowest BCUT2D eigenvalue weighted by atomic mass is 10.2. The fourth-order valence-corrected chi connectivity index (χ4v) is 0.841. The molecule has 0 aromatic rings. The standard InChI is InChI=1S/C9H13/c1-2-3-4-5-6-9-7-8-9/h2-3,7H,1,4-6,8H2. The van der Waals surface area contributed by atoms with Gasteiger partial charge < -0.3 is 0 Å². The van der Waals surface area contributed by atoms with Crippen LogP contribution in [0.15, 0.2) is 23.8 Å². The van der Waals surface area contributed by atoms with Crippen molar-refractivity contribution in [2.75, 3.05) is 0 Å². The van der Waals surface area contributed by atoms with E-state index >= 15 is 0 Å². The minimum absolute atomic E-state index is 1.20. The van der Waals surface area contributed by atoms with Gasteiger partial charge in [0, 0.05) is 0 Å². The van der Waals surface area contributed by atoms with E-state index in [4.69, 9.17) is 0 Å². The van der Waals surface area contributed by atoms with Crippen LogP contribution in [-0.4, -0.2) is 0 Å². The first-order valence-electron chi connectivity index (χ1n) is 3.55. The van der Waals surface area contributed by atoms with Gasteiger partial charge in [0.2, 0.25) is 0 Å². The van der Waals surface area contributed by atoms with E-state index in [9.17, 15) is 0 Å². The quantitative estimate of drug-likeness (QED) is 0.396. The van der Waals surface area contributed by atoms with Gasteiger partial charge in [0.05, 0.1) is 0 Å². The van der Waals surface area contributed by atoms with Crippen molar-refractivity contribution in [2.45, 2.75) is 25.7 Å². The van der Waals surface area contributed by atoms with E-state index < -0.39 is 0 Å². The van der Waals surface area contributed by atoms with Crippen molar-refractivity contribution in [1.82, 2.24) is 0 Å². The predicted molar refractivity (Wildman–Crippen MR) is 41.0 cm³/mol. The zero-order valence-corrected chi connectivity index (χ0v) is 5.77. The number of allylic oxidation sites excluding steroid dienone is 4. The van der Waals surface area contributed by atoms with E-state index in [-0.39, 0.29) is 0 Å². The lowest BCUT2D eigenvalue weighted by Gasteiger charge is -1.88. The van der Waals surface area contributed by atoms with Gasteiger partial charge in [-0.05, 0) is 32.6 Å². The number of hydrogen-bond acceptors (Lipinski definition) is 0. The second-order valence-electron chi connectivity index (χ2n) is 2.43. The summed E-state index contributed by atoms with van der Waals surface area (Å²) in [5.41, 5.74) is 1.65. The van der Waals surface area contributed by atoms with Crippen molar-refractivity contribution in [3.63, 3.8) is 0 Å². The monoisotopic (exact) mass is 121 g/mol. The predicted octanol–water partition coefficient (Wildman–Crippen LogP) is 2.88. The Morgan fingerprint density at radius 2 is 2.44 bits per heavy atom. The summed E-state index contributed by atoms with van der Waals surface area (Å²) in [5, 5.41) is 0. The average Bonchev–Trinajstić information content (AvgIpc) is 2.63. The average molecular weight is 121 g/mol. The van der Waals surface area contributed by atoms with Crippen LogP contribution in [0, 0.1) is 6.92 Å². The third-order valence-corrected chi connectivity index (χ3v) is 1.53. The van der Waals surface area contributed by atoms with Gasteiger partial charge in [0.15, 0.2) is 0 Å². The molecule has 0 fully saturated rings. The van der Waals surface area contributed by atoms with Crippen molar-refractivity contribution in [3.05, 3.63) is 30.7 Å². The van der Waals surface area contributed by atoms with Gasteiger partial charge in [-0.1, -0.05) is 23.8 Å². The molecule has 1 aliphatic rings. The fraction of sp³-hybridized carbons (Fsp3) is 0.444. The fourth-order valence-electron chi connectivity index (χ4n) is 0.841. The minimum atomic E-state index is 1.20. The summed E-state index contributed by atoms with van der Waals surface area (Å²) >= 11 is 0. The molecule has 0 saturated heterocycles. The Labute approximate surface area is 57.3 Å². The highest BCUT2D eigenvalue weighted by Crippen LogP contribution is 2.24. The molecule has 0 aromatic heterocycles. The van der Waals surface area contributed by atoms with Crippen LogP contribution in [0.4, 0.5) is 0 Å². The lowest BCUT2D eigenvalue weighted by Crippen LogP contribution is -1.69. The van der Waals surface area contributed by atoms with Crippen molar-refractivity contribution in [1.29, 1.82) is 0 Å². The van der Waals surface area contributed by atoms with Gasteiger partial charge in [-0.3, -0.25) is 0 Å². The molecule has 0 spiro atoms. The van der Waals surface area contributed by atoms with Crippen LogP contribution >= 0.6 is 0 Å². The van der Waals surface area contributed by atoms with Gasteiger partial charge in [-0.25, -0.2) is 0 Å². The summed E-state index contributed by atoms with van der Waals surface area (Å²) in [6, 6.07) is 0. The SMILES string of the molecule is [CH2]C=CCCCC1=CC1. The molecule has 0 aliphatic heterocycles. The molecule has 49 valence electrons. The van der Waals surface area contributed by atoms with E-state index in [2.05, 4.69) is 19.1 Å². The number of hydrogen-bond donors (Lipinski definition) is 0. The van der Waals surface area contributed by atoms with Crippen molar-refractivity contribution in [3.8, 4) is 0 Å². The van der Waals surface area contributed by atoms with Crippen molar-refractivity contribution < 1.29 is 0 Å². The molecule has 9 heavy (non-hydrogen) atoms. The Bertz CT molecular complexity index is 129. The maximum atomic E-state index is 3.62. The highest BCUT2D eigenvalue weighted by molar-refractivity contribution is 5.21. The highest BCUT2D eigenvalue weighted by Gasteiger charge is 2.04. The van der Waals surface area contributed by atoms with E-state index in [1.165, 1.54) is 25.7 Å². The molecule has 1 aliphatic carbocycles. The molecule has 0 bridgehead atoms. The molecule has 0 N–H and O–H groups in total. The van der Waals surface area contributed by atoms with Gasteiger partial charge in [-0.2, -0.15) is 0 Å². The summed E-state index contributed by atoms with van der Waals surface area (Å²) in [5.74, 6) is 0. The second kappa shape index (κ2) is 3.49. The van der Waals surface area contributed by atoms with Crippen LogP contribution < -0.4 is 0 Å². The highest BCUT2D eigenvalue weighted by atomic mass is 14.1. The number of rotatable bonds is 4. The van der Waals surface area contributed by atoms with Gasteiger partial charge in [0.25, 0.3) is 0 Å². The Balaban J connectivity index is 1.87. The summed E-state index contributed by atoms with van der Waals surface area (Å²) in [7, 11) is 0. The normalized spacial score (nSPS) is 16.3. The first kappa shape index (κ1) is 6.60. The Hall–Kier alpha value is -0.520. The third-order valence-electron chi connectivity index (χ3n) is 1.53. The Morgan fingerprint density at radius 1 is 1.67 bits per heavy atom. The van der Waals surface area contributed by atoms with Crippen LogP contribution in [0.1, 0.15) is 25.7 Å². The van der Waals surface area contributed by atoms with Gasteiger partial charge >= 0.3 is 0 Å². The third kappa shape index (κ3) is 3.12. The van der Waals surface area contributed by atoms with Crippen molar-refractivity contribution in [2.24, 2.45) is 0 Å². The molecule has 0 heteroatoms. The van der Waals surface area contributed by atoms with E-state index in [1.807, 2.05) is 6.08 Å². The molecular weight excluding hydrogens is 108 g/mol. The Kier molecular flexibility index (Phi) is 2.56. The zero-order valence-electron chi connectivity index (χ0n) is 5.77. The van der Waals surface area contributed by atoms with Crippen LogP contribution in [0.25, 0.3) is 0 Å². The van der Waals surface area contributed by atoms with Crippen LogP contribution in [0.2, 0.25) is 0 Å². The second-order valence-corrected chi connectivity index (χ2v) is 2.43. The maximum absolute atomic E-state index is 3.62.